The molecule has 2 N–H and O–H groups in total. The second-order valence-electron chi connectivity index (χ2n) is 3.57. The Hall–Kier alpha value is -1.99. The minimum Gasteiger partial charge on any atom is -0.452 e. The van der Waals surface area contributed by atoms with Crippen LogP contribution in [-0.4, -0.2) is 33.3 Å². The van der Waals surface area contributed by atoms with Gasteiger partial charge in [0.15, 0.2) is 6.39 Å². The van der Waals surface area contributed by atoms with Crippen LogP contribution in [0.2, 0.25) is 0 Å². The van der Waals surface area contributed by atoms with E-state index < -0.39 is 0 Å². The number of oxazole rings is 1. The molecule has 3 aromatic rings. The molecule has 6 nitrogen and oxygen atoms in total. The average molecular weight is 293 g/mol. The fourth-order valence-corrected chi connectivity index (χ4v) is 1.54. The number of hydrogen-bond donors (Lipinski definition) is 2. The Morgan fingerprint density at radius 1 is 1.05 bits per heavy atom. The molecule has 0 aliphatic carbocycles. The third-order valence-electron chi connectivity index (χ3n) is 2.06. The lowest BCUT2D eigenvalue weighted by atomic mass is 10.4. The van der Waals surface area contributed by atoms with Gasteiger partial charge in [0.2, 0.25) is 0 Å². The molecule has 4 rings (SSSR count). The Morgan fingerprint density at radius 2 is 1.95 bits per heavy atom. The fraction of sp³-hybridized carbons (Fsp3) is 0.308. The summed E-state index contributed by atoms with van der Waals surface area (Å²) >= 11 is 1.60. The highest BCUT2D eigenvalue weighted by Crippen LogP contribution is 1.90. The highest BCUT2D eigenvalue weighted by Gasteiger charge is 1.93. The summed E-state index contributed by atoms with van der Waals surface area (Å²) in [7, 11) is 0. The van der Waals surface area contributed by atoms with Gasteiger partial charge in [-0.2, -0.15) is 5.10 Å². The number of thiazole rings is 1. The monoisotopic (exact) mass is 293 g/mol. The van der Waals surface area contributed by atoms with E-state index in [0.29, 0.717) is 0 Å². The number of nitrogens with zero attached hydrogens (tertiary/aromatic N) is 3. The first-order valence-electron chi connectivity index (χ1n) is 6.29. The summed E-state index contributed by atoms with van der Waals surface area (Å²) in [6.45, 7) is 2.50. The smallest absolute Gasteiger partial charge is 0.180 e. The summed E-state index contributed by atoms with van der Waals surface area (Å²) in [6.07, 6.45) is 12.5. The first kappa shape index (κ1) is 16.1. The molecule has 0 spiro atoms. The van der Waals surface area contributed by atoms with E-state index in [-0.39, 0.29) is 0 Å². The zero-order chi connectivity index (χ0) is 14.1. The van der Waals surface area contributed by atoms with Crippen LogP contribution in [-0.2, 0) is 0 Å². The molecule has 1 fully saturated rings. The van der Waals surface area contributed by atoms with Crippen molar-refractivity contribution < 1.29 is 4.42 Å². The predicted molar refractivity (Wildman–Crippen MR) is 79.3 cm³/mol. The van der Waals surface area contributed by atoms with E-state index in [4.69, 9.17) is 0 Å². The minimum absolute atomic E-state index is 1.25. The van der Waals surface area contributed by atoms with Crippen LogP contribution >= 0.6 is 11.3 Å². The molecule has 0 saturated carbocycles. The number of aromatic nitrogens is 4. The quantitative estimate of drug-likeness (QED) is 0.666. The summed E-state index contributed by atoms with van der Waals surface area (Å²) in [5.74, 6) is 0. The minimum atomic E-state index is 1.25. The van der Waals surface area contributed by atoms with Crippen LogP contribution in [0, 0.1) is 0 Å². The lowest BCUT2D eigenvalue weighted by molar-refractivity contribution is 0.558. The zero-order valence-electron chi connectivity index (χ0n) is 11.2. The number of rotatable bonds is 0. The van der Waals surface area contributed by atoms with Crippen molar-refractivity contribution in [2.24, 2.45) is 0 Å². The van der Waals surface area contributed by atoms with Crippen molar-refractivity contribution in [3.8, 4) is 0 Å². The van der Waals surface area contributed by atoms with Crippen molar-refractivity contribution >= 4 is 11.3 Å². The van der Waals surface area contributed by atoms with Crippen molar-refractivity contribution in [1.29, 1.82) is 0 Å². The maximum Gasteiger partial charge on any atom is 0.180 e. The van der Waals surface area contributed by atoms with Gasteiger partial charge in [-0.1, -0.05) is 0 Å². The molecule has 0 amide bonds. The van der Waals surface area contributed by atoms with Crippen LogP contribution in [0.15, 0.2) is 58.8 Å². The number of aromatic amines is 1. The maximum absolute atomic E-state index is 4.47. The summed E-state index contributed by atoms with van der Waals surface area (Å²) in [4.78, 5) is 7.30. The van der Waals surface area contributed by atoms with Crippen LogP contribution in [0.5, 0.6) is 0 Å². The van der Waals surface area contributed by atoms with Gasteiger partial charge in [-0.25, -0.2) is 4.98 Å². The van der Waals surface area contributed by atoms with Gasteiger partial charge in [-0.15, -0.1) is 11.3 Å². The van der Waals surface area contributed by atoms with Crippen LogP contribution in [0.3, 0.4) is 0 Å². The second-order valence-corrected chi connectivity index (χ2v) is 4.33. The average Bonchev–Trinajstić information content (AvgIpc) is 3.40. The van der Waals surface area contributed by atoms with Gasteiger partial charge in [0.1, 0.15) is 6.26 Å². The molecule has 0 radical (unpaired) electrons. The molecule has 0 unspecified atom stereocenters. The Kier molecular flexibility index (Phi) is 10.8. The molecule has 3 aromatic heterocycles. The van der Waals surface area contributed by atoms with Gasteiger partial charge in [-0.3, -0.25) is 10.1 Å². The number of H-pyrrole nitrogens is 1. The Labute approximate surface area is 122 Å². The number of nitrogens with one attached hydrogen (secondary N) is 2. The number of hydrogen-bond acceptors (Lipinski definition) is 6. The molecular formula is C13H19N5OS. The third-order valence-corrected chi connectivity index (χ3v) is 2.58. The highest BCUT2D eigenvalue weighted by molar-refractivity contribution is 7.07. The summed E-state index contributed by atoms with van der Waals surface area (Å²) in [5, 5.41) is 11.4. The molecule has 0 atom stereocenters. The normalized spacial score (nSPS) is 12.0. The lowest BCUT2D eigenvalue weighted by Crippen LogP contribution is -2.03. The molecule has 108 valence electrons. The van der Waals surface area contributed by atoms with Gasteiger partial charge in [0.25, 0.3) is 0 Å². The van der Waals surface area contributed by atoms with Crippen molar-refractivity contribution in [2.75, 3.05) is 13.1 Å². The molecule has 0 aromatic carbocycles. The first-order chi connectivity index (χ1) is 10.0. The van der Waals surface area contributed by atoms with Gasteiger partial charge in [-0.05, 0) is 32.0 Å². The van der Waals surface area contributed by atoms with Crippen molar-refractivity contribution in [1.82, 2.24) is 25.5 Å². The van der Waals surface area contributed by atoms with Crippen molar-refractivity contribution in [3.05, 3.63) is 54.4 Å². The molecule has 1 saturated heterocycles. The molecule has 4 heterocycles. The third kappa shape index (κ3) is 11.1. The molecule has 0 bridgehead atoms. The fourth-order valence-electron chi connectivity index (χ4n) is 1.19. The van der Waals surface area contributed by atoms with Gasteiger partial charge < -0.3 is 9.73 Å². The van der Waals surface area contributed by atoms with Crippen LogP contribution in [0.25, 0.3) is 0 Å². The Balaban J connectivity index is 0.000000133. The van der Waals surface area contributed by atoms with Crippen LogP contribution in [0.4, 0.5) is 0 Å². The van der Waals surface area contributed by atoms with Crippen molar-refractivity contribution in [2.45, 2.75) is 12.8 Å². The molecular weight excluding hydrogens is 274 g/mol. The predicted octanol–water partition coefficient (Wildman–Crippen LogP) is 2.60. The summed E-state index contributed by atoms with van der Waals surface area (Å²) in [5.41, 5.74) is 1.79. The molecule has 1 aliphatic rings. The van der Waals surface area contributed by atoms with E-state index in [0.717, 1.165) is 0 Å². The van der Waals surface area contributed by atoms with E-state index in [1.165, 1.54) is 38.6 Å². The summed E-state index contributed by atoms with van der Waals surface area (Å²) < 4.78 is 4.47. The SMILES string of the molecule is C1CCNC1.c1cn[nH]c1.c1cocn1.c1cscn1. The standard InChI is InChI=1S/C4H9N.C3H4N2.C3H3NO.C3H3NS/c2*1-2-4-5-3-1;2*1-2-5-3-4-1/h5H,1-4H2;1-3H,(H,4,5);2*1-3H. The van der Waals surface area contributed by atoms with E-state index in [2.05, 4.69) is 29.9 Å². The van der Waals surface area contributed by atoms with E-state index in [1.54, 1.807) is 41.6 Å². The van der Waals surface area contributed by atoms with E-state index in [9.17, 15) is 0 Å². The second kappa shape index (κ2) is 13.4. The van der Waals surface area contributed by atoms with E-state index in [1.807, 2.05) is 11.4 Å². The summed E-state index contributed by atoms with van der Waals surface area (Å²) in [6, 6.07) is 1.83. The van der Waals surface area contributed by atoms with Crippen molar-refractivity contribution in [3.63, 3.8) is 0 Å². The molecule has 7 heteroatoms. The lowest BCUT2D eigenvalue weighted by Gasteiger charge is -1.76. The maximum atomic E-state index is 4.47. The first-order valence-corrected chi connectivity index (χ1v) is 7.23. The van der Waals surface area contributed by atoms with Crippen LogP contribution in [0.1, 0.15) is 12.8 Å². The molecule has 1 aliphatic heterocycles. The van der Waals surface area contributed by atoms with Crippen LogP contribution < -0.4 is 5.32 Å². The Morgan fingerprint density at radius 3 is 2.15 bits per heavy atom. The zero-order valence-corrected chi connectivity index (χ0v) is 12.0. The highest BCUT2D eigenvalue weighted by atomic mass is 32.1. The largest absolute Gasteiger partial charge is 0.452 e. The molecule has 20 heavy (non-hydrogen) atoms. The van der Waals surface area contributed by atoms with Gasteiger partial charge >= 0.3 is 0 Å². The van der Waals surface area contributed by atoms with Gasteiger partial charge in [0.05, 0.1) is 11.7 Å². The topological polar surface area (TPSA) is 79.6 Å². The van der Waals surface area contributed by atoms with E-state index >= 15 is 0 Å². The Bertz CT molecular complexity index is 315. The van der Waals surface area contributed by atoms with Gasteiger partial charge in [0, 0.05) is 24.0 Å².